The fraction of sp³-hybridized carbons (Fsp3) is 0.450. The monoisotopic (exact) mass is 406 g/mol. The number of carbonyl (C=O) groups excluding carboxylic acids is 1. The number of halogens is 1. The summed E-state index contributed by atoms with van der Waals surface area (Å²) in [6.45, 7) is 4.84. The first kappa shape index (κ1) is 19.1. The van der Waals surface area contributed by atoms with Gasteiger partial charge in [-0.05, 0) is 56.4 Å². The highest BCUT2D eigenvalue weighted by Gasteiger charge is 2.34. The molecule has 1 aromatic heterocycles. The number of sulfonamides is 1. The summed E-state index contributed by atoms with van der Waals surface area (Å²) in [4.78, 5) is 14.7. The quantitative estimate of drug-likeness (QED) is 0.784. The van der Waals surface area contributed by atoms with Crippen molar-refractivity contribution in [2.75, 3.05) is 19.6 Å². The average Bonchev–Trinajstić information content (AvgIpc) is 3.32. The number of fused-ring (bicyclic) bond motifs is 1. The molecule has 150 valence electrons. The van der Waals surface area contributed by atoms with Crippen LogP contribution in [0.25, 0.3) is 0 Å². The van der Waals surface area contributed by atoms with Gasteiger partial charge in [-0.25, -0.2) is 12.8 Å². The van der Waals surface area contributed by atoms with E-state index < -0.39 is 10.0 Å². The lowest BCUT2D eigenvalue weighted by molar-refractivity contribution is 0.0643. The van der Waals surface area contributed by atoms with Crippen molar-refractivity contribution < 1.29 is 22.0 Å². The summed E-state index contributed by atoms with van der Waals surface area (Å²) < 4.78 is 46.3. The number of benzene rings is 1. The standard InChI is InChI=1S/C20H23FN2O4S/c1-13-17-11-16(21)6-5-15(17)7-10-23(13)20(24)18-12-19(14(2)27-18)28(25,26)22-8-3-4-9-22/h5-6,11-13H,3-4,7-10H2,1-2H3. The van der Waals surface area contributed by atoms with Gasteiger partial charge in [-0.1, -0.05) is 6.07 Å². The van der Waals surface area contributed by atoms with Crippen molar-refractivity contribution >= 4 is 15.9 Å². The van der Waals surface area contributed by atoms with Gasteiger partial charge in [-0.3, -0.25) is 4.79 Å². The van der Waals surface area contributed by atoms with Gasteiger partial charge in [0, 0.05) is 25.7 Å². The highest BCUT2D eigenvalue weighted by Crippen LogP contribution is 2.33. The van der Waals surface area contributed by atoms with Crippen molar-refractivity contribution in [3.05, 3.63) is 52.7 Å². The van der Waals surface area contributed by atoms with Crippen LogP contribution in [0, 0.1) is 12.7 Å². The molecule has 0 aliphatic carbocycles. The lowest BCUT2D eigenvalue weighted by Gasteiger charge is -2.34. The smallest absolute Gasteiger partial charge is 0.290 e. The van der Waals surface area contributed by atoms with Gasteiger partial charge in [0.25, 0.3) is 5.91 Å². The molecule has 4 rings (SSSR count). The average molecular weight is 406 g/mol. The van der Waals surface area contributed by atoms with Gasteiger partial charge in [0.05, 0.1) is 6.04 Å². The van der Waals surface area contributed by atoms with Crippen molar-refractivity contribution in [1.29, 1.82) is 0 Å². The molecule has 1 amide bonds. The molecule has 2 aliphatic heterocycles. The maximum atomic E-state index is 13.7. The van der Waals surface area contributed by atoms with Gasteiger partial charge in [-0.2, -0.15) is 4.31 Å². The lowest BCUT2D eigenvalue weighted by atomic mass is 9.93. The third-order valence-corrected chi connectivity index (χ3v) is 7.68. The predicted molar refractivity (Wildman–Crippen MR) is 101 cm³/mol. The summed E-state index contributed by atoms with van der Waals surface area (Å²) in [7, 11) is -3.66. The fourth-order valence-corrected chi connectivity index (χ4v) is 5.78. The molecule has 1 fully saturated rings. The molecule has 1 unspecified atom stereocenters. The van der Waals surface area contributed by atoms with Crippen molar-refractivity contribution in [2.45, 2.75) is 44.0 Å². The summed E-state index contributed by atoms with van der Waals surface area (Å²) in [6.07, 6.45) is 2.29. The van der Waals surface area contributed by atoms with E-state index in [1.54, 1.807) is 17.9 Å². The third-order valence-electron chi connectivity index (χ3n) is 5.67. The molecule has 0 bridgehead atoms. The van der Waals surface area contributed by atoms with Crippen LogP contribution in [0.3, 0.4) is 0 Å². The molecule has 6 nitrogen and oxygen atoms in total. The van der Waals surface area contributed by atoms with Gasteiger partial charge < -0.3 is 9.32 Å². The number of hydrogen-bond donors (Lipinski definition) is 0. The zero-order valence-corrected chi connectivity index (χ0v) is 16.8. The zero-order chi connectivity index (χ0) is 20.1. The van der Waals surface area contributed by atoms with Crippen molar-refractivity contribution in [3.63, 3.8) is 0 Å². The van der Waals surface area contributed by atoms with Crippen LogP contribution in [-0.4, -0.2) is 43.2 Å². The Bertz CT molecular complexity index is 1020. The number of rotatable bonds is 3. The minimum Gasteiger partial charge on any atom is -0.455 e. The summed E-state index contributed by atoms with van der Waals surface area (Å²) >= 11 is 0. The van der Waals surface area contributed by atoms with Gasteiger partial charge in [0.1, 0.15) is 16.5 Å². The number of nitrogens with zero attached hydrogens (tertiary/aromatic N) is 2. The SMILES string of the molecule is Cc1oc(C(=O)N2CCc3ccc(F)cc3C2C)cc1S(=O)(=O)N1CCCC1. The van der Waals surface area contributed by atoms with Gasteiger partial charge in [0.15, 0.2) is 5.76 Å². The molecule has 1 saturated heterocycles. The van der Waals surface area contributed by atoms with Gasteiger partial charge in [-0.15, -0.1) is 0 Å². The second-order valence-electron chi connectivity index (χ2n) is 7.41. The molecular formula is C20H23FN2O4S. The van der Waals surface area contributed by atoms with Crippen LogP contribution in [0.1, 0.15) is 53.2 Å². The van der Waals surface area contributed by atoms with Crippen LogP contribution in [0.15, 0.2) is 33.6 Å². The van der Waals surface area contributed by atoms with Gasteiger partial charge >= 0.3 is 0 Å². The Morgan fingerprint density at radius 1 is 1.18 bits per heavy atom. The maximum absolute atomic E-state index is 13.7. The fourth-order valence-electron chi connectivity index (χ4n) is 4.10. The molecule has 3 heterocycles. The molecule has 1 aromatic carbocycles. The normalized spacial score (nSPS) is 20.4. The summed E-state index contributed by atoms with van der Waals surface area (Å²) in [5.74, 6) is -0.505. The summed E-state index contributed by atoms with van der Waals surface area (Å²) in [6, 6.07) is 5.64. The van der Waals surface area contributed by atoms with E-state index in [4.69, 9.17) is 4.42 Å². The zero-order valence-electron chi connectivity index (χ0n) is 15.9. The Morgan fingerprint density at radius 3 is 2.61 bits per heavy atom. The first-order valence-corrected chi connectivity index (χ1v) is 10.9. The molecule has 2 aromatic rings. The van der Waals surface area contributed by atoms with E-state index in [-0.39, 0.29) is 34.2 Å². The first-order valence-electron chi connectivity index (χ1n) is 9.49. The van der Waals surface area contributed by atoms with Crippen molar-refractivity contribution in [1.82, 2.24) is 9.21 Å². The van der Waals surface area contributed by atoms with Gasteiger partial charge in [0.2, 0.25) is 10.0 Å². The van der Waals surface area contributed by atoms with E-state index in [9.17, 15) is 17.6 Å². The molecule has 0 saturated carbocycles. The van der Waals surface area contributed by atoms with E-state index in [0.717, 1.165) is 24.0 Å². The van der Waals surface area contributed by atoms with Crippen LogP contribution in [0.2, 0.25) is 0 Å². The minimum absolute atomic E-state index is 0.00183. The van der Waals surface area contributed by atoms with Crippen molar-refractivity contribution in [3.8, 4) is 0 Å². The molecule has 0 N–H and O–H groups in total. The molecule has 0 radical (unpaired) electrons. The van der Waals surface area contributed by atoms with Crippen LogP contribution in [-0.2, 0) is 16.4 Å². The minimum atomic E-state index is -3.66. The Balaban J connectivity index is 1.63. The number of carbonyl (C=O) groups is 1. The summed E-state index contributed by atoms with van der Waals surface area (Å²) in [5, 5.41) is 0. The highest BCUT2D eigenvalue weighted by molar-refractivity contribution is 7.89. The number of amides is 1. The molecule has 28 heavy (non-hydrogen) atoms. The Kier molecular flexibility index (Phi) is 4.79. The molecule has 0 spiro atoms. The number of aryl methyl sites for hydroxylation is 1. The van der Waals surface area contributed by atoms with Crippen LogP contribution < -0.4 is 0 Å². The van der Waals surface area contributed by atoms with Crippen LogP contribution in [0.4, 0.5) is 4.39 Å². The Labute approximate surface area is 164 Å². The highest BCUT2D eigenvalue weighted by atomic mass is 32.2. The first-order chi connectivity index (χ1) is 13.3. The predicted octanol–water partition coefficient (Wildman–Crippen LogP) is 3.27. The van der Waals surface area contributed by atoms with E-state index in [1.807, 2.05) is 6.92 Å². The van der Waals surface area contributed by atoms with E-state index in [0.29, 0.717) is 26.1 Å². The topological polar surface area (TPSA) is 70.8 Å². The molecule has 8 heteroatoms. The third kappa shape index (κ3) is 3.14. The largest absolute Gasteiger partial charge is 0.455 e. The lowest BCUT2D eigenvalue weighted by Crippen LogP contribution is -2.38. The number of furan rings is 1. The van der Waals surface area contributed by atoms with E-state index >= 15 is 0 Å². The maximum Gasteiger partial charge on any atom is 0.290 e. The summed E-state index contributed by atoms with van der Waals surface area (Å²) in [5.41, 5.74) is 1.79. The molecule has 2 aliphatic rings. The van der Waals surface area contributed by atoms with Crippen LogP contribution in [0.5, 0.6) is 0 Å². The Morgan fingerprint density at radius 2 is 1.89 bits per heavy atom. The van der Waals surface area contributed by atoms with E-state index in [2.05, 4.69) is 0 Å². The second-order valence-corrected chi connectivity index (χ2v) is 9.32. The van der Waals surface area contributed by atoms with Crippen molar-refractivity contribution in [2.24, 2.45) is 0 Å². The second kappa shape index (κ2) is 7.00. The molecular weight excluding hydrogens is 383 g/mol. The Hall–Kier alpha value is -2.19. The molecule has 1 atom stereocenters. The van der Waals surface area contributed by atoms with Crippen LogP contribution >= 0.6 is 0 Å². The number of hydrogen-bond acceptors (Lipinski definition) is 4. The van der Waals surface area contributed by atoms with E-state index in [1.165, 1.54) is 22.5 Å².